The Hall–Kier alpha value is -4.35. The number of nitrogens with one attached hydrogen (secondary N) is 3. The Morgan fingerprint density at radius 2 is 1.78 bits per heavy atom. The van der Waals surface area contributed by atoms with Gasteiger partial charge in [0, 0.05) is 25.4 Å². The zero-order chi connectivity index (χ0) is 39.9. The summed E-state index contributed by atoms with van der Waals surface area (Å²) >= 11 is 0. The van der Waals surface area contributed by atoms with Crippen LogP contribution in [0.2, 0.25) is 0 Å². The number of allylic oxidation sites excluding steroid dienone is 1. The Balaban J connectivity index is 1.25. The number of hydrogen-bond acceptors (Lipinski definition) is 9. The maximum Gasteiger partial charge on any atom is 0.416 e. The molecule has 0 radical (unpaired) electrons. The van der Waals surface area contributed by atoms with Crippen molar-refractivity contribution in [3.05, 3.63) is 47.0 Å². The third-order valence-electron chi connectivity index (χ3n) is 10.6. The quantitative estimate of drug-likeness (QED) is 0.371. The van der Waals surface area contributed by atoms with E-state index in [1.165, 1.54) is 11.0 Å². The summed E-state index contributed by atoms with van der Waals surface area (Å²) in [5.74, 6) is -2.88. The van der Waals surface area contributed by atoms with Crippen molar-refractivity contribution >= 4 is 39.9 Å². The van der Waals surface area contributed by atoms with Crippen molar-refractivity contribution in [1.29, 1.82) is 0 Å². The lowest BCUT2D eigenvalue weighted by molar-refractivity contribution is -0.141. The molecule has 5 aliphatic rings. The molecule has 302 valence electrons. The van der Waals surface area contributed by atoms with Gasteiger partial charge in [0.05, 0.1) is 17.4 Å². The summed E-state index contributed by atoms with van der Waals surface area (Å²) in [4.78, 5) is 70.9. The summed E-state index contributed by atoms with van der Waals surface area (Å²) in [7, 11) is -3.97. The van der Waals surface area contributed by atoms with Gasteiger partial charge in [-0.1, -0.05) is 37.1 Å². The lowest BCUT2D eigenvalue weighted by Crippen LogP contribution is -2.58. The second-order valence-electron chi connectivity index (χ2n) is 16.1. The molecule has 6 rings (SSSR count). The molecule has 2 aliphatic carbocycles. The van der Waals surface area contributed by atoms with E-state index >= 15 is 0 Å². The number of halogens is 3. The molecule has 55 heavy (non-hydrogen) atoms. The van der Waals surface area contributed by atoms with E-state index in [2.05, 4.69) is 15.4 Å². The number of hydrogen-bond donors (Lipinski definition) is 3. The summed E-state index contributed by atoms with van der Waals surface area (Å²) in [5.41, 5.74) is -2.93. The van der Waals surface area contributed by atoms with E-state index < -0.39 is 92.2 Å². The standard InChI is InChI=1S/C37H48F3N5O9S/c1-35(2,3)54-33(49)41-28-13-8-6-4-5-7-11-23-19-36(23,32(48)43-55(51,52)25-14-15-25)42-30(46)29-18-24(20-45(29)31(28)47)53-34(50)44-17-16-22-10-9-12-27(26(22)21-44)37(38,39)40/h7,9-12,23-25,28-29H,4-6,8,13-21H2,1-3H3,(H,41,49)(H,42,46)(H,43,48)/t23-,24-,28+,29+,36-/m1/s1. The monoisotopic (exact) mass is 795 g/mol. The summed E-state index contributed by atoms with van der Waals surface area (Å²) in [6.45, 7) is 4.40. The van der Waals surface area contributed by atoms with E-state index in [4.69, 9.17) is 9.47 Å². The summed E-state index contributed by atoms with van der Waals surface area (Å²) in [6, 6.07) is 1.38. The highest BCUT2D eigenvalue weighted by Gasteiger charge is 2.62. The normalized spacial score (nSPS) is 27.7. The molecule has 18 heteroatoms. The molecule has 2 saturated carbocycles. The number of carbonyl (C=O) groups excluding carboxylic acids is 5. The van der Waals surface area contributed by atoms with E-state index in [0.29, 0.717) is 44.1 Å². The van der Waals surface area contributed by atoms with Crippen LogP contribution in [-0.4, -0.2) is 95.8 Å². The van der Waals surface area contributed by atoms with E-state index in [9.17, 15) is 45.6 Å². The first-order valence-electron chi connectivity index (χ1n) is 18.8. The van der Waals surface area contributed by atoms with Crippen LogP contribution in [0.5, 0.6) is 0 Å². The lowest BCUT2D eigenvalue weighted by atomic mass is 9.95. The molecule has 5 amide bonds. The highest BCUT2D eigenvalue weighted by molar-refractivity contribution is 7.91. The fourth-order valence-corrected chi connectivity index (χ4v) is 8.88. The van der Waals surface area contributed by atoms with Gasteiger partial charge in [0.25, 0.3) is 5.91 Å². The number of rotatable bonds is 5. The van der Waals surface area contributed by atoms with E-state index in [0.717, 1.165) is 11.0 Å². The van der Waals surface area contributed by atoms with Gasteiger partial charge in [0.15, 0.2) is 0 Å². The van der Waals surface area contributed by atoms with Crippen molar-refractivity contribution < 1.29 is 55.0 Å². The molecule has 3 heterocycles. The van der Waals surface area contributed by atoms with Crippen LogP contribution in [0, 0.1) is 5.92 Å². The third kappa shape index (κ3) is 9.38. The van der Waals surface area contributed by atoms with Crippen molar-refractivity contribution in [1.82, 2.24) is 25.2 Å². The van der Waals surface area contributed by atoms with Crippen LogP contribution < -0.4 is 15.4 Å². The van der Waals surface area contributed by atoms with Crippen LogP contribution in [-0.2, 0) is 53.0 Å². The Morgan fingerprint density at radius 3 is 2.47 bits per heavy atom. The van der Waals surface area contributed by atoms with E-state index in [-0.39, 0.29) is 50.9 Å². The second kappa shape index (κ2) is 15.3. The number of alkyl halides is 3. The number of nitrogens with zero attached hydrogens (tertiary/aromatic N) is 2. The number of fused-ring (bicyclic) bond motifs is 3. The Kier molecular flexibility index (Phi) is 11.2. The number of amides is 5. The van der Waals surface area contributed by atoms with E-state index in [1.807, 2.05) is 6.08 Å². The van der Waals surface area contributed by atoms with Gasteiger partial charge in [-0.15, -0.1) is 0 Å². The van der Waals surface area contributed by atoms with Gasteiger partial charge in [0.1, 0.15) is 29.3 Å². The Morgan fingerprint density at radius 1 is 1.04 bits per heavy atom. The molecular weight excluding hydrogens is 747 g/mol. The Bertz CT molecular complexity index is 1840. The maximum atomic E-state index is 14.3. The molecular formula is C37H48F3N5O9S. The fourth-order valence-electron chi connectivity index (χ4n) is 7.52. The number of ether oxygens (including phenoxy) is 2. The van der Waals surface area contributed by atoms with Crippen molar-refractivity contribution in [3.63, 3.8) is 0 Å². The molecule has 3 aliphatic heterocycles. The van der Waals surface area contributed by atoms with E-state index in [1.54, 1.807) is 32.9 Å². The summed E-state index contributed by atoms with van der Waals surface area (Å²) < 4.78 is 80.4. The molecule has 14 nitrogen and oxygen atoms in total. The molecule has 0 aromatic heterocycles. The zero-order valence-corrected chi connectivity index (χ0v) is 31.9. The van der Waals surface area contributed by atoms with Crippen molar-refractivity contribution in [2.24, 2.45) is 5.92 Å². The first-order chi connectivity index (χ1) is 25.8. The minimum Gasteiger partial charge on any atom is -0.444 e. The highest BCUT2D eigenvalue weighted by atomic mass is 32.2. The SMILES string of the molecule is CC(C)(C)OC(=O)N[C@H]1CCCCCC=C[C@@H]2C[C@@]2(C(=O)NS(=O)(=O)C2CC2)NC(=O)[C@@H]2C[C@@H](OC(=O)N3CCc4cccc(C(F)(F)F)c4C3)CN2C1=O. The summed E-state index contributed by atoms with van der Waals surface area (Å²) in [6.07, 6.45) is -0.278. The van der Waals surface area contributed by atoms with Crippen LogP contribution in [0.15, 0.2) is 30.4 Å². The number of alkyl carbamates (subject to hydrolysis) is 1. The van der Waals surface area contributed by atoms with Crippen molar-refractivity contribution in [2.75, 3.05) is 13.1 Å². The predicted octanol–water partition coefficient (Wildman–Crippen LogP) is 4.07. The first-order valence-corrected chi connectivity index (χ1v) is 20.3. The number of sulfonamides is 1. The Labute approximate surface area is 317 Å². The maximum absolute atomic E-state index is 14.3. The lowest BCUT2D eigenvalue weighted by Gasteiger charge is -2.31. The average Bonchev–Trinajstić information content (AvgIpc) is 4.02. The van der Waals surface area contributed by atoms with Gasteiger partial charge in [-0.3, -0.25) is 19.1 Å². The first kappa shape index (κ1) is 40.3. The highest BCUT2D eigenvalue weighted by Crippen LogP contribution is 2.46. The van der Waals surface area contributed by atoms with Gasteiger partial charge in [-0.05, 0) is 82.9 Å². The van der Waals surface area contributed by atoms with Gasteiger partial charge in [0.2, 0.25) is 21.8 Å². The van der Waals surface area contributed by atoms with Crippen molar-refractivity contribution in [3.8, 4) is 0 Å². The fraction of sp³-hybridized carbons (Fsp3) is 0.649. The van der Waals surface area contributed by atoms with Crippen LogP contribution >= 0.6 is 0 Å². The largest absolute Gasteiger partial charge is 0.444 e. The predicted molar refractivity (Wildman–Crippen MR) is 190 cm³/mol. The smallest absolute Gasteiger partial charge is 0.416 e. The molecule has 3 N–H and O–H groups in total. The number of benzene rings is 1. The zero-order valence-electron chi connectivity index (χ0n) is 31.1. The van der Waals surface area contributed by atoms with Crippen molar-refractivity contribution in [2.45, 2.75) is 132 Å². The molecule has 0 bridgehead atoms. The summed E-state index contributed by atoms with van der Waals surface area (Å²) in [5, 5.41) is 4.67. The van der Waals surface area contributed by atoms with Crippen LogP contribution in [0.4, 0.5) is 22.8 Å². The minimum atomic E-state index is -4.64. The van der Waals surface area contributed by atoms with Crippen LogP contribution in [0.1, 0.15) is 95.2 Å². The van der Waals surface area contributed by atoms with Gasteiger partial charge < -0.3 is 29.9 Å². The van der Waals surface area contributed by atoms with Crippen LogP contribution in [0.3, 0.4) is 0 Å². The van der Waals surface area contributed by atoms with Gasteiger partial charge in [-0.2, -0.15) is 13.2 Å². The molecule has 1 aromatic carbocycles. The number of carbonyl (C=O) groups is 5. The molecule has 3 fully saturated rings. The minimum absolute atomic E-state index is 0.0387. The molecule has 0 spiro atoms. The van der Waals surface area contributed by atoms with Gasteiger partial charge >= 0.3 is 18.4 Å². The third-order valence-corrected chi connectivity index (χ3v) is 12.5. The molecule has 1 saturated heterocycles. The average molecular weight is 796 g/mol. The van der Waals surface area contributed by atoms with Crippen LogP contribution in [0.25, 0.3) is 0 Å². The molecule has 1 aromatic rings. The molecule has 5 atom stereocenters. The molecule has 0 unspecified atom stereocenters. The second-order valence-corrected chi connectivity index (χ2v) is 18.0. The topological polar surface area (TPSA) is 181 Å². The van der Waals surface area contributed by atoms with Gasteiger partial charge in [-0.25, -0.2) is 18.0 Å².